The van der Waals surface area contributed by atoms with E-state index in [9.17, 15) is 0 Å². The van der Waals surface area contributed by atoms with Gasteiger partial charge in [0.2, 0.25) is 0 Å². The van der Waals surface area contributed by atoms with Crippen molar-refractivity contribution >= 4 is 0 Å². The maximum Gasteiger partial charge on any atom is 0.0628 e. The molecule has 0 fully saturated rings. The van der Waals surface area contributed by atoms with Crippen molar-refractivity contribution in [2.75, 3.05) is 13.1 Å². The Hall–Kier alpha value is -0.830. The van der Waals surface area contributed by atoms with Crippen molar-refractivity contribution in [1.82, 2.24) is 15.1 Å². The van der Waals surface area contributed by atoms with E-state index in [2.05, 4.69) is 49.7 Å². The van der Waals surface area contributed by atoms with Gasteiger partial charge >= 0.3 is 0 Å². The SMILES string of the molecule is CCc1c(C)nn(CCCCCCNCC(C)C)c1C. The Kier molecular flexibility index (Phi) is 7.90. The molecule has 1 rings (SSSR count). The second-order valence-electron chi connectivity index (χ2n) is 6.24. The minimum Gasteiger partial charge on any atom is -0.316 e. The maximum absolute atomic E-state index is 4.65. The molecule has 0 aliphatic carbocycles. The van der Waals surface area contributed by atoms with Gasteiger partial charge in [0, 0.05) is 12.2 Å². The highest BCUT2D eigenvalue weighted by molar-refractivity contribution is 5.24. The first-order valence-corrected chi connectivity index (χ1v) is 8.29. The van der Waals surface area contributed by atoms with E-state index in [0.29, 0.717) is 0 Å². The quantitative estimate of drug-likeness (QED) is 0.659. The lowest BCUT2D eigenvalue weighted by Crippen LogP contribution is -2.20. The molecule has 3 heteroatoms. The Morgan fingerprint density at radius 2 is 1.80 bits per heavy atom. The Balaban J connectivity index is 2.13. The average Bonchev–Trinajstić information content (AvgIpc) is 2.67. The topological polar surface area (TPSA) is 29.9 Å². The monoisotopic (exact) mass is 279 g/mol. The Morgan fingerprint density at radius 1 is 1.10 bits per heavy atom. The van der Waals surface area contributed by atoms with Crippen molar-refractivity contribution in [3.63, 3.8) is 0 Å². The number of aryl methyl sites for hydroxylation is 2. The fourth-order valence-corrected chi connectivity index (χ4v) is 2.72. The molecule has 0 spiro atoms. The van der Waals surface area contributed by atoms with Gasteiger partial charge in [0.15, 0.2) is 0 Å². The smallest absolute Gasteiger partial charge is 0.0628 e. The van der Waals surface area contributed by atoms with Crippen LogP contribution in [0, 0.1) is 19.8 Å². The van der Waals surface area contributed by atoms with Crippen LogP contribution in [0.15, 0.2) is 0 Å². The van der Waals surface area contributed by atoms with Gasteiger partial charge in [0.05, 0.1) is 5.69 Å². The van der Waals surface area contributed by atoms with Gasteiger partial charge in [-0.15, -0.1) is 0 Å². The number of aromatic nitrogens is 2. The van der Waals surface area contributed by atoms with Crippen molar-refractivity contribution in [2.24, 2.45) is 5.92 Å². The normalized spacial score (nSPS) is 11.5. The third kappa shape index (κ3) is 5.66. The highest BCUT2D eigenvalue weighted by Crippen LogP contribution is 2.14. The van der Waals surface area contributed by atoms with Crippen molar-refractivity contribution in [1.29, 1.82) is 0 Å². The fraction of sp³-hybridized carbons (Fsp3) is 0.824. The van der Waals surface area contributed by atoms with Crippen LogP contribution < -0.4 is 5.32 Å². The van der Waals surface area contributed by atoms with Gasteiger partial charge in [-0.3, -0.25) is 4.68 Å². The zero-order valence-electron chi connectivity index (χ0n) is 14.1. The second kappa shape index (κ2) is 9.17. The van der Waals surface area contributed by atoms with Gasteiger partial charge in [-0.2, -0.15) is 5.10 Å². The second-order valence-corrected chi connectivity index (χ2v) is 6.24. The zero-order valence-corrected chi connectivity index (χ0v) is 14.1. The maximum atomic E-state index is 4.65. The standard InChI is InChI=1S/C17H33N3/c1-6-17-15(4)19-20(16(17)5)12-10-8-7-9-11-18-13-14(2)3/h14,18H,6-13H2,1-5H3. The van der Waals surface area contributed by atoms with Crippen LogP contribution in [0.4, 0.5) is 0 Å². The van der Waals surface area contributed by atoms with E-state index in [0.717, 1.165) is 32.0 Å². The van der Waals surface area contributed by atoms with Crippen LogP contribution in [-0.2, 0) is 13.0 Å². The molecular formula is C17H33N3. The molecule has 0 unspecified atom stereocenters. The van der Waals surface area contributed by atoms with Crippen molar-refractivity contribution in [3.8, 4) is 0 Å². The molecule has 0 atom stereocenters. The molecule has 0 saturated carbocycles. The third-order valence-corrected chi connectivity index (χ3v) is 3.91. The van der Waals surface area contributed by atoms with E-state index in [-0.39, 0.29) is 0 Å². The van der Waals surface area contributed by atoms with E-state index in [1.807, 2.05) is 0 Å². The van der Waals surface area contributed by atoms with E-state index in [4.69, 9.17) is 0 Å². The Bertz CT molecular complexity index is 380. The van der Waals surface area contributed by atoms with Crippen LogP contribution in [0.2, 0.25) is 0 Å². The number of hydrogen-bond acceptors (Lipinski definition) is 2. The number of rotatable bonds is 10. The molecule has 1 aromatic heterocycles. The molecule has 0 amide bonds. The van der Waals surface area contributed by atoms with Crippen LogP contribution >= 0.6 is 0 Å². The molecule has 1 aromatic rings. The lowest BCUT2D eigenvalue weighted by Gasteiger charge is -2.07. The highest BCUT2D eigenvalue weighted by Gasteiger charge is 2.08. The number of nitrogens with one attached hydrogen (secondary N) is 1. The molecule has 3 nitrogen and oxygen atoms in total. The molecular weight excluding hydrogens is 246 g/mol. The summed E-state index contributed by atoms with van der Waals surface area (Å²) in [6.07, 6.45) is 6.27. The molecule has 0 aliphatic heterocycles. The van der Waals surface area contributed by atoms with E-state index in [1.165, 1.54) is 42.6 Å². The summed E-state index contributed by atoms with van der Waals surface area (Å²) in [4.78, 5) is 0. The number of unbranched alkanes of at least 4 members (excludes halogenated alkanes) is 3. The van der Waals surface area contributed by atoms with Crippen LogP contribution in [0.1, 0.15) is 63.4 Å². The molecule has 116 valence electrons. The minimum atomic E-state index is 0.758. The summed E-state index contributed by atoms with van der Waals surface area (Å²) in [6.45, 7) is 14.4. The first kappa shape index (κ1) is 17.2. The van der Waals surface area contributed by atoms with E-state index < -0.39 is 0 Å². The predicted octanol–water partition coefficient (Wildman–Crippen LogP) is 3.87. The molecule has 0 aromatic carbocycles. The van der Waals surface area contributed by atoms with Gasteiger partial charge < -0.3 is 5.32 Å². The van der Waals surface area contributed by atoms with E-state index in [1.54, 1.807) is 0 Å². The summed E-state index contributed by atoms with van der Waals surface area (Å²) in [6, 6.07) is 0. The van der Waals surface area contributed by atoms with Crippen LogP contribution in [-0.4, -0.2) is 22.9 Å². The molecule has 1 N–H and O–H groups in total. The highest BCUT2D eigenvalue weighted by atomic mass is 15.3. The largest absolute Gasteiger partial charge is 0.316 e. The lowest BCUT2D eigenvalue weighted by atomic mass is 10.1. The summed E-state index contributed by atoms with van der Waals surface area (Å²) in [5, 5.41) is 8.16. The summed E-state index contributed by atoms with van der Waals surface area (Å²) in [5.74, 6) is 0.758. The molecule has 0 aliphatic rings. The summed E-state index contributed by atoms with van der Waals surface area (Å²) in [5.41, 5.74) is 4.01. The summed E-state index contributed by atoms with van der Waals surface area (Å²) < 4.78 is 2.20. The van der Waals surface area contributed by atoms with Gasteiger partial charge in [-0.25, -0.2) is 0 Å². The Morgan fingerprint density at radius 3 is 2.40 bits per heavy atom. The number of hydrogen-bond donors (Lipinski definition) is 1. The lowest BCUT2D eigenvalue weighted by molar-refractivity contribution is 0.501. The molecule has 0 bridgehead atoms. The van der Waals surface area contributed by atoms with Gasteiger partial charge in [0.1, 0.15) is 0 Å². The average molecular weight is 279 g/mol. The first-order chi connectivity index (χ1) is 9.56. The van der Waals surface area contributed by atoms with Crippen molar-refractivity contribution < 1.29 is 0 Å². The van der Waals surface area contributed by atoms with Crippen molar-refractivity contribution in [3.05, 3.63) is 17.0 Å². The third-order valence-electron chi connectivity index (χ3n) is 3.91. The van der Waals surface area contributed by atoms with Gasteiger partial charge in [0.25, 0.3) is 0 Å². The Labute approximate surface area is 125 Å². The van der Waals surface area contributed by atoms with Gasteiger partial charge in [-0.1, -0.05) is 33.6 Å². The van der Waals surface area contributed by atoms with E-state index >= 15 is 0 Å². The van der Waals surface area contributed by atoms with Crippen LogP contribution in [0.3, 0.4) is 0 Å². The number of nitrogens with zero attached hydrogens (tertiary/aromatic N) is 2. The van der Waals surface area contributed by atoms with Crippen LogP contribution in [0.25, 0.3) is 0 Å². The zero-order chi connectivity index (χ0) is 15.0. The molecule has 0 saturated heterocycles. The van der Waals surface area contributed by atoms with Crippen molar-refractivity contribution in [2.45, 2.75) is 73.3 Å². The molecule has 1 heterocycles. The van der Waals surface area contributed by atoms with Crippen LogP contribution in [0.5, 0.6) is 0 Å². The molecule has 0 radical (unpaired) electrons. The van der Waals surface area contributed by atoms with Gasteiger partial charge in [-0.05, 0) is 57.7 Å². The fourth-order valence-electron chi connectivity index (χ4n) is 2.72. The predicted molar refractivity (Wildman–Crippen MR) is 87.3 cm³/mol. The summed E-state index contributed by atoms with van der Waals surface area (Å²) in [7, 11) is 0. The summed E-state index contributed by atoms with van der Waals surface area (Å²) >= 11 is 0. The molecule has 20 heavy (non-hydrogen) atoms. The minimum absolute atomic E-state index is 0.758. The first-order valence-electron chi connectivity index (χ1n) is 8.29.